The van der Waals surface area contributed by atoms with Gasteiger partial charge in [-0.3, -0.25) is 14.5 Å². The molecular weight excluding hydrogens is 340 g/mol. The summed E-state index contributed by atoms with van der Waals surface area (Å²) >= 11 is 0. The molecule has 6 nitrogen and oxygen atoms in total. The van der Waals surface area contributed by atoms with Crippen molar-refractivity contribution in [1.29, 1.82) is 0 Å². The lowest BCUT2D eigenvalue weighted by Gasteiger charge is -2.23. The van der Waals surface area contributed by atoms with E-state index in [1.54, 1.807) is 0 Å². The number of rotatable bonds is 5. The smallest absolute Gasteiger partial charge is 0.265 e. The van der Waals surface area contributed by atoms with E-state index in [0.717, 1.165) is 28.8 Å². The predicted octanol–water partition coefficient (Wildman–Crippen LogP) is 1.53. The lowest BCUT2D eigenvalue weighted by molar-refractivity contribution is 0.0953. The monoisotopic (exact) mass is 355 g/mol. The minimum absolute atomic E-state index is 0.00596. The van der Waals surface area contributed by atoms with Crippen molar-refractivity contribution in [3.05, 3.63) is 65.2 Å². The van der Waals surface area contributed by atoms with Crippen LogP contribution in [0.2, 0.25) is 0 Å². The predicted molar refractivity (Wildman–Crippen MR) is 85.5 cm³/mol. The molecule has 0 aliphatic heterocycles. The summed E-state index contributed by atoms with van der Waals surface area (Å²) in [5.41, 5.74) is 2.13. The van der Waals surface area contributed by atoms with E-state index >= 15 is 0 Å². The van der Waals surface area contributed by atoms with Crippen LogP contribution in [0.3, 0.4) is 0 Å². The average Bonchev–Trinajstić information content (AvgIpc) is 2.53. The average molecular weight is 355 g/mol. The number of nitrogens with zero attached hydrogens (tertiary/aromatic N) is 1. The molecule has 0 heterocycles. The number of sulfonamides is 1. The number of amides is 1. The summed E-state index contributed by atoms with van der Waals surface area (Å²) in [6.45, 7) is -0.305. The topological polar surface area (TPSA) is 92.5 Å². The third kappa shape index (κ3) is 4.06. The maximum atomic E-state index is 14.2. The Morgan fingerprint density at radius 3 is 2.29 bits per heavy atom. The van der Waals surface area contributed by atoms with Crippen molar-refractivity contribution in [3.8, 4) is 0 Å². The van der Waals surface area contributed by atoms with Crippen LogP contribution in [0.1, 0.15) is 15.9 Å². The first-order valence-electron chi connectivity index (χ1n) is 6.75. The van der Waals surface area contributed by atoms with Crippen molar-refractivity contribution in [2.75, 3.05) is 10.6 Å². The fourth-order valence-corrected chi connectivity index (χ4v) is 2.94. The lowest BCUT2D eigenvalue weighted by Crippen LogP contribution is -2.31. The number of hydrazine groups is 1. The van der Waals surface area contributed by atoms with Gasteiger partial charge in [0.1, 0.15) is 11.6 Å². The highest BCUT2D eigenvalue weighted by Crippen LogP contribution is 2.22. The Labute approximate surface area is 137 Å². The second-order valence-corrected chi connectivity index (χ2v) is 6.93. The van der Waals surface area contributed by atoms with E-state index in [1.165, 1.54) is 24.3 Å². The van der Waals surface area contributed by atoms with Gasteiger partial charge in [-0.1, -0.05) is 6.07 Å². The fourth-order valence-electron chi connectivity index (χ4n) is 2.06. The SMILES string of the molecule is CS(=O)(=O)N(Cc1ccc(C(=O)NN)cc1F)c1ccc(F)cc1. The minimum Gasteiger partial charge on any atom is -0.290 e. The second kappa shape index (κ2) is 6.93. The number of carbonyl (C=O) groups is 1. The highest BCUT2D eigenvalue weighted by molar-refractivity contribution is 7.92. The van der Waals surface area contributed by atoms with Crippen molar-refractivity contribution in [3.63, 3.8) is 0 Å². The molecule has 2 aromatic carbocycles. The van der Waals surface area contributed by atoms with Crippen molar-refractivity contribution in [1.82, 2.24) is 5.43 Å². The Kier molecular flexibility index (Phi) is 5.15. The number of anilines is 1. The largest absolute Gasteiger partial charge is 0.290 e. The Hall–Kier alpha value is -2.52. The van der Waals surface area contributed by atoms with E-state index in [2.05, 4.69) is 0 Å². The number of carbonyl (C=O) groups excluding carboxylic acids is 1. The molecule has 0 fully saturated rings. The zero-order valence-electron chi connectivity index (χ0n) is 12.7. The molecule has 0 atom stereocenters. The molecule has 0 saturated heterocycles. The summed E-state index contributed by atoms with van der Waals surface area (Å²) in [6.07, 6.45) is 0.963. The molecule has 0 saturated carbocycles. The molecule has 24 heavy (non-hydrogen) atoms. The molecule has 3 N–H and O–H groups in total. The molecule has 0 aromatic heterocycles. The Bertz CT molecular complexity index is 855. The molecule has 0 radical (unpaired) electrons. The van der Waals surface area contributed by atoms with Crippen molar-refractivity contribution < 1.29 is 22.0 Å². The summed E-state index contributed by atoms with van der Waals surface area (Å²) in [4.78, 5) is 11.4. The van der Waals surface area contributed by atoms with Crippen LogP contribution in [-0.2, 0) is 16.6 Å². The van der Waals surface area contributed by atoms with Gasteiger partial charge >= 0.3 is 0 Å². The first-order valence-corrected chi connectivity index (χ1v) is 8.60. The van der Waals surface area contributed by atoms with Crippen molar-refractivity contribution in [2.24, 2.45) is 5.84 Å². The summed E-state index contributed by atoms with van der Waals surface area (Å²) in [5.74, 6) is 3.03. The van der Waals surface area contributed by atoms with Gasteiger partial charge in [-0.25, -0.2) is 23.0 Å². The van der Waals surface area contributed by atoms with E-state index in [4.69, 9.17) is 5.84 Å². The Morgan fingerprint density at radius 1 is 1.17 bits per heavy atom. The van der Waals surface area contributed by atoms with Crippen LogP contribution in [0.5, 0.6) is 0 Å². The van der Waals surface area contributed by atoms with Crippen LogP contribution in [0.25, 0.3) is 0 Å². The van der Waals surface area contributed by atoms with E-state index in [1.807, 2.05) is 5.43 Å². The summed E-state index contributed by atoms with van der Waals surface area (Å²) in [7, 11) is -3.73. The number of nitrogens with two attached hydrogens (primary N) is 1. The van der Waals surface area contributed by atoms with E-state index in [0.29, 0.717) is 0 Å². The molecule has 0 unspecified atom stereocenters. The molecule has 0 aliphatic carbocycles. The molecule has 0 spiro atoms. The number of halogens is 2. The van der Waals surface area contributed by atoms with Crippen molar-refractivity contribution >= 4 is 21.6 Å². The number of nitrogen functional groups attached to an aromatic ring is 1. The van der Waals surface area contributed by atoms with Crippen LogP contribution in [0, 0.1) is 11.6 Å². The van der Waals surface area contributed by atoms with Gasteiger partial charge in [0, 0.05) is 11.1 Å². The third-order valence-corrected chi connectivity index (χ3v) is 4.42. The minimum atomic E-state index is -3.73. The van der Waals surface area contributed by atoms with Gasteiger partial charge in [0.2, 0.25) is 10.0 Å². The first-order chi connectivity index (χ1) is 11.2. The van der Waals surface area contributed by atoms with Crippen LogP contribution < -0.4 is 15.6 Å². The van der Waals surface area contributed by atoms with Gasteiger partial charge in [-0.05, 0) is 36.4 Å². The van der Waals surface area contributed by atoms with E-state index < -0.39 is 27.6 Å². The molecule has 2 rings (SSSR count). The van der Waals surface area contributed by atoms with Crippen LogP contribution >= 0.6 is 0 Å². The highest BCUT2D eigenvalue weighted by atomic mass is 32.2. The van der Waals surface area contributed by atoms with E-state index in [9.17, 15) is 22.0 Å². The quantitative estimate of drug-likeness (QED) is 0.483. The van der Waals surface area contributed by atoms with Crippen LogP contribution in [-0.4, -0.2) is 20.6 Å². The van der Waals surface area contributed by atoms with Gasteiger partial charge < -0.3 is 0 Å². The molecule has 9 heteroatoms. The Morgan fingerprint density at radius 2 is 1.79 bits per heavy atom. The van der Waals surface area contributed by atoms with Gasteiger partial charge in [-0.2, -0.15) is 0 Å². The third-order valence-electron chi connectivity index (χ3n) is 3.28. The number of hydrogen-bond donors (Lipinski definition) is 2. The summed E-state index contributed by atoms with van der Waals surface area (Å²) in [6, 6.07) is 8.36. The standard InChI is InChI=1S/C15H15F2N3O3S/c1-24(22,23)20(13-6-4-12(16)5-7-13)9-11-3-2-10(8-14(11)17)15(21)19-18/h2-8H,9,18H2,1H3,(H,19,21). The van der Waals surface area contributed by atoms with E-state index in [-0.39, 0.29) is 23.4 Å². The lowest BCUT2D eigenvalue weighted by atomic mass is 10.1. The summed E-state index contributed by atoms with van der Waals surface area (Å²) in [5, 5.41) is 0. The fraction of sp³-hybridized carbons (Fsp3) is 0.133. The van der Waals surface area contributed by atoms with Crippen LogP contribution in [0.15, 0.2) is 42.5 Å². The number of benzene rings is 2. The molecule has 2 aromatic rings. The molecule has 128 valence electrons. The van der Waals surface area contributed by atoms with Gasteiger partial charge in [0.15, 0.2) is 0 Å². The molecular formula is C15H15F2N3O3S. The highest BCUT2D eigenvalue weighted by Gasteiger charge is 2.20. The van der Waals surface area contributed by atoms with Gasteiger partial charge in [0.05, 0.1) is 18.5 Å². The van der Waals surface area contributed by atoms with Gasteiger partial charge in [0.25, 0.3) is 5.91 Å². The Balaban J connectivity index is 2.37. The maximum absolute atomic E-state index is 14.2. The number of nitrogens with one attached hydrogen (secondary N) is 1. The number of hydrogen-bond acceptors (Lipinski definition) is 4. The first kappa shape index (κ1) is 17.8. The zero-order valence-corrected chi connectivity index (χ0v) is 13.5. The molecule has 1 amide bonds. The molecule has 0 aliphatic rings. The van der Waals surface area contributed by atoms with Crippen molar-refractivity contribution in [2.45, 2.75) is 6.54 Å². The molecule has 0 bridgehead atoms. The second-order valence-electron chi connectivity index (χ2n) is 5.03. The zero-order chi connectivity index (χ0) is 17.9. The normalized spacial score (nSPS) is 11.2. The van der Waals surface area contributed by atoms with Crippen LogP contribution in [0.4, 0.5) is 14.5 Å². The summed E-state index contributed by atoms with van der Waals surface area (Å²) < 4.78 is 52.1. The van der Waals surface area contributed by atoms with Gasteiger partial charge in [-0.15, -0.1) is 0 Å². The maximum Gasteiger partial charge on any atom is 0.265 e.